The Hall–Kier alpha value is -0.740. The smallest absolute Gasteiger partial charge is 0.260 e. The molecule has 1 rings (SSSR count). The number of rotatable bonds is 4. The summed E-state index contributed by atoms with van der Waals surface area (Å²) in [6.45, 7) is 5.83. The number of oxazole rings is 1. The van der Waals surface area contributed by atoms with E-state index in [2.05, 4.69) is 24.1 Å². The van der Waals surface area contributed by atoms with Crippen LogP contribution in [-0.2, 0) is 11.2 Å². The van der Waals surface area contributed by atoms with E-state index in [4.69, 9.17) is 27.6 Å². The molecule has 0 atom stereocenters. The van der Waals surface area contributed by atoms with Crippen molar-refractivity contribution in [3.05, 3.63) is 11.6 Å². The van der Waals surface area contributed by atoms with Crippen molar-refractivity contribution in [3.63, 3.8) is 0 Å². The number of carbonyl (C=O) groups is 1. The highest BCUT2D eigenvalue weighted by molar-refractivity contribution is 6.54. The Bertz CT molecular complexity index is 375. The summed E-state index contributed by atoms with van der Waals surface area (Å²) in [6.07, 6.45) is 0.724. The summed E-state index contributed by atoms with van der Waals surface area (Å²) in [5.41, 5.74) is 0.717. The number of alkyl halides is 2. The Labute approximate surface area is 104 Å². The zero-order valence-corrected chi connectivity index (χ0v) is 10.9. The first-order valence-electron chi connectivity index (χ1n) is 4.95. The number of hydrogen-bond acceptors (Lipinski definition) is 3. The summed E-state index contributed by atoms with van der Waals surface area (Å²) < 4.78 is 5.28. The minimum absolute atomic E-state index is 0.336. The zero-order chi connectivity index (χ0) is 12.3. The molecule has 1 amide bonds. The van der Waals surface area contributed by atoms with Crippen LogP contribution in [0.15, 0.2) is 4.42 Å². The highest BCUT2D eigenvalue weighted by atomic mass is 35.5. The SMILES string of the molecule is Cc1nc(CC(C)C)c(NC(=O)C(Cl)Cl)o1. The minimum atomic E-state index is -1.11. The molecule has 1 aromatic heterocycles. The minimum Gasteiger partial charge on any atom is -0.425 e. The molecule has 0 unspecified atom stereocenters. The number of halogens is 2. The van der Waals surface area contributed by atoms with E-state index in [0.29, 0.717) is 17.7 Å². The van der Waals surface area contributed by atoms with Crippen LogP contribution in [0.4, 0.5) is 5.88 Å². The van der Waals surface area contributed by atoms with Crippen molar-refractivity contribution in [2.75, 3.05) is 5.32 Å². The maximum absolute atomic E-state index is 11.3. The van der Waals surface area contributed by atoms with Gasteiger partial charge in [-0.15, -0.1) is 0 Å². The van der Waals surface area contributed by atoms with Crippen LogP contribution in [0.25, 0.3) is 0 Å². The van der Waals surface area contributed by atoms with Crippen molar-refractivity contribution < 1.29 is 9.21 Å². The van der Waals surface area contributed by atoms with E-state index in [0.717, 1.165) is 12.1 Å². The van der Waals surface area contributed by atoms with Crippen LogP contribution in [0.1, 0.15) is 25.4 Å². The van der Waals surface area contributed by atoms with Gasteiger partial charge < -0.3 is 4.42 Å². The van der Waals surface area contributed by atoms with Gasteiger partial charge in [0.25, 0.3) is 5.91 Å². The summed E-state index contributed by atoms with van der Waals surface area (Å²) in [5, 5.41) is 2.50. The largest absolute Gasteiger partial charge is 0.425 e. The van der Waals surface area contributed by atoms with E-state index >= 15 is 0 Å². The number of anilines is 1. The number of carbonyl (C=O) groups excluding carboxylic acids is 1. The van der Waals surface area contributed by atoms with Gasteiger partial charge in [0.1, 0.15) is 5.69 Å². The molecule has 1 heterocycles. The van der Waals surface area contributed by atoms with E-state index in [-0.39, 0.29) is 0 Å². The average Bonchev–Trinajstić information content (AvgIpc) is 2.45. The highest BCUT2D eigenvalue weighted by Crippen LogP contribution is 2.21. The predicted octanol–water partition coefficient (Wildman–Crippen LogP) is 2.92. The molecule has 0 aliphatic rings. The third-order valence-electron chi connectivity index (χ3n) is 1.84. The number of hydrogen-bond donors (Lipinski definition) is 1. The Morgan fingerprint density at radius 1 is 1.50 bits per heavy atom. The lowest BCUT2D eigenvalue weighted by Gasteiger charge is -2.05. The van der Waals surface area contributed by atoms with Crippen LogP contribution in [0, 0.1) is 12.8 Å². The van der Waals surface area contributed by atoms with Gasteiger partial charge in [-0.1, -0.05) is 37.0 Å². The molecule has 1 aromatic rings. The summed E-state index contributed by atoms with van der Waals surface area (Å²) >= 11 is 10.9. The molecule has 0 fully saturated rings. The van der Waals surface area contributed by atoms with Gasteiger partial charge >= 0.3 is 0 Å². The molecule has 0 aliphatic heterocycles. The normalized spacial score (nSPS) is 11.2. The number of nitrogens with one attached hydrogen (secondary N) is 1. The average molecular weight is 265 g/mol. The van der Waals surface area contributed by atoms with Crippen LogP contribution >= 0.6 is 23.2 Å². The van der Waals surface area contributed by atoms with Crippen molar-refractivity contribution in [1.82, 2.24) is 4.98 Å². The molecule has 0 aliphatic carbocycles. The van der Waals surface area contributed by atoms with Crippen LogP contribution in [0.2, 0.25) is 0 Å². The van der Waals surface area contributed by atoms with Gasteiger partial charge in [0.15, 0.2) is 10.7 Å². The lowest BCUT2D eigenvalue weighted by Crippen LogP contribution is -2.19. The van der Waals surface area contributed by atoms with Gasteiger partial charge in [0.05, 0.1) is 0 Å². The first-order chi connectivity index (χ1) is 7.40. The highest BCUT2D eigenvalue weighted by Gasteiger charge is 2.18. The van der Waals surface area contributed by atoms with Crippen molar-refractivity contribution >= 4 is 35.0 Å². The maximum Gasteiger partial charge on any atom is 0.260 e. The second-order valence-corrected chi connectivity index (χ2v) is 4.99. The summed E-state index contributed by atoms with van der Waals surface area (Å²) in [6, 6.07) is 0. The van der Waals surface area contributed by atoms with E-state index in [9.17, 15) is 4.79 Å². The van der Waals surface area contributed by atoms with Gasteiger partial charge in [-0.2, -0.15) is 0 Å². The van der Waals surface area contributed by atoms with Crippen molar-refractivity contribution in [2.24, 2.45) is 5.92 Å². The van der Waals surface area contributed by atoms with E-state index in [1.54, 1.807) is 6.92 Å². The van der Waals surface area contributed by atoms with E-state index in [1.165, 1.54) is 0 Å². The van der Waals surface area contributed by atoms with Gasteiger partial charge in [-0.05, 0) is 12.3 Å². The first-order valence-corrected chi connectivity index (χ1v) is 5.82. The third kappa shape index (κ3) is 3.68. The van der Waals surface area contributed by atoms with Crippen LogP contribution in [0.3, 0.4) is 0 Å². The monoisotopic (exact) mass is 264 g/mol. The molecule has 90 valence electrons. The number of nitrogens with zero attached hydrogens (tertiary/aromatic N) is 1. The zero-order valence-electron chi connectivity index (χ0n) is 9.38. The maximum atomic E-state index is 11.3. The number of aromatic nitrogens is 1. The number of amides is 1. The fraction of sp³-hybridized carbons (Fsp3) is 0.600. The van der Waals surface area contributed by atoms with E-state index < -0.39 is 10.7 Å². The first kappa shape index (κ1) is 13.3. The summed E-state index contributed by atoms with van der Waals surface area (Å²) in [5.74, 6) is 0.751. The van der Waals surface area contributed by atoms with Gasteiger partial charge in [0, 0.05) is 6.92 Å². The van der Waals surface area contributed by atoms with E-state index in [1.807, 2.05) is 0 Å². The fourth-order valence-electron chi connectivity index (χ4n) is 1.26. The Morgan fingerprint density at radius 3 is 2.62 bits per heavy atom. The van der Waals surface area contributed by atoms with Crippen molar-refractivity contribution in [3.8, 4) is 0 Å². The van der Waals surface area contributed by atoms with Crippen molar-refractivity contribution in [2.45, 2.75) is 32.0 Å². The van der Waals surface area contributed by atoms with Gasteiger partial charge in [0.2, 0.25) is 5.88 Å². The molecule has 0 spiro atoms. The lowest BCUT2D eigenvalue weighted by molar-refractivity contribution is -0.114. The predicted molar refractivity (Wildman–Crippen MR) is 63.9 cm³/mol. The molecular formula is C10H14Cl2N2O2. The Balaban J connectivity index is 2.82. The molecular weight excluding hydrogens is 251 g/mol. The van der Waals surface area contributed by atoms with Gasteiger partial charge in [-0.25, -0.2) is 4.98 Å². The van der Waals surface area contributed by atoms with Gasteiger partial charge in [-0.3, -0.25) is 10.1 Å². The van der Waals surface area contributed by atoms with Crippen LogP contribution in [-0.4, -0.2) is 15.7 Å². The summed E-state index contributed by atoms with van der Waals surface area (Å²) in [7, 11) is 0. The molecule has 0 saturated carbocycles. The van der Waals surface area contributed by atoms with Crippen LogP contribution in [0.5, 0.6) is 0 Å². The molecule has 0 bridgehead atoms. The second-order valence-electron chi connectivity index (χ2n) is 3.90. The fourth-order valence-corrected chi connectivity index (χ4v) is 1.37. The standard InChI is InChI=1S/C10H14Cl2N2O2/c1-5(2)4-7-10(16-6(3)13-7)14-9(15)8(11)12/h5,8H,4H2,1-3H3,(H,14,15). The Kier molecular flexibility index (Phi) is 4.62. The topological polar surface area (TPSA) is 55.1 Å². The molecule has 0 radical (unpaired) electrons. The third-order valence-corrected chi connectivity index (χ3v) is 2.24. The molecule has 0 saturated heterocycles. The Morgan fingerprint density at radius 2 is 2.12 bits per heavy atom. The lowest BCUT2D eigenvalue weighted by atomic mass is 10.1. The molecule has 6 heteroatoms. The molecule has 16 heavy (non-hydrogen) atoms. The molecule has 4 nitrogen and oxygen atoms in total. The van der Waals surface area contributed by atoms with Crippen LogP contribution < -0.4 is 5.32 Å². The van der Waals surface area contributed by atoms with Crippen molar-refractivity contribution in [1.29, 1.82) is 0 Å². The quantitative estimate of drug-likeness (QED) is 0.851. The second kappa shape index (κ2) is 5.55. The number of aryl methyl sites for hydroxylation is 1. The molecule has 0 aromatic carbocycles. The summed E-state index contributed by atoms with van der Waals surface area (Å²) in [4.78, 5) is 14.4. The molecule has 1 N–H and O–H groups in total.